The van der Waals surface area contributed by atoms with E-state index in [0.29, 0.717) is 17.5 Å². The molecular formula is C48H30N6. The summed E-state index contributed by atoms with van der Waals surface area (Å²) < 4.78 is 0. The number of pyridine rings is 1. The smallest absolute Gasteiger partial charge is 0.164 e. The van der Waals surface area contributed by atoms with Crippen molar-refractivity contribution >= 4 is 32.7 Å². The zero-order chi connectivity index (χ0) is 35.8. The third-order valence-corrected chi connectivity index (χ3v) is 9.71. The Bertz CT molecular complexity index is 2910. The van der Waals surface area contributed by atoms with E-state index >= 15 is 0 Å². The van der Waals surface area contributed by atoms with E-state index in [4.69, 9.17) is 29.9 Å². The Morgan fingerprint density at radius 3 is 1.33 bits per heavy atom. The van der Waals surface area contributed by atoms with Gasteiger partial charge in [-0.25, -0.2) is 29.9 Å². The first-order valence-electron chi connectivity index (χ1n) is 17.9. The van der Waals surface area contributed by atoms with Gasteiger partial charge >= 0.3 is 0 Å². The van der Waals surface area contributed by atoms with Crippen LogP contribution in [0.2, 0.25) is 0 Å². The third kappa shape index (κ3) is 5.54. The van der Waals surface area contributed by atoms with Gasteiger partial charge in [0.15, 0.2) is 17.5 Å². The SMILES string of the molecule is c1ccc(-c2nc(-c3ccccc3)nc(-c3ccccc3-c3nc4ccccc4c4c3ccc3nc(-c5ccccc5)c(-c5ccccc5)nc34)n2)cc1. The van der Waals surface area contributed by atoms with Crippen molar-refractivity contribution in [3.05, 3.63) is 182 Å². The zero-order valence-electron chi connectivity index (χ0n) is 29.0. The minimum Gasteiger partial charge on any atom is -0.247 e. The molecule has 0 fully saturated rings. The fraction of sp³-hybridized carbons (Fsp3) is 0. The molecule has 0 saturated heterocycles. The maximum absolute atomic E-state index is 5.48. The lowest BCUT2D eigenvalue weighted by atomic mass is 9.95. The van der Waals surface area contributed by atoms with E-state index in [1.807, 2.05) is 115 Å². The van der Waals surface area contributed by atoms with Crippen molar-refractivity contribution in [3.8, 4) is 67.9 Å². The molecule has 7 aromatic carbocycles. The first kappa shape index (κ1) is 31.3. The van der Waals surface area contributed by atoms with Crippen LogP contribution in [0.15, 0.2) is 182 Å². The molecule has 54 heavy (non-hydrogen) atoms. The number of rotatable bonds is 6. The van der Waals surface area contributed by atoms with Gasteiger partial charge in [-0.2, -0.15) is 0 Å². The molecule has 3 aromatic heterocycles. The van der Waals surface area contributed by atoms with Gasteiger partial charge in [0.2, 0.25) is 0 Å². The van der Waals surface area contributed by atoms with E-state index in [1.54, 1.807) is 0 Å². The van der Waals surface area contributed by atoms with E-state index in [-0.39, 0.29) is 0 Å². The van der Waals surface area contributed by atoms with Crippen molar-refractivity contribution in [2.75, 3.05) is 0 Å². The lowest BCUT2D eigenvalue weighted by molar-refractivity contribution is 1.07. The van der Waals surface area contributed by atoms with Crippen LogP contribution in [-0.2, 0) is 0 Å². The molecule has 0 atom stereocenters. The monoisotopic (exact) mass is 690 g/mol. The Balaban J connectivity index is 1.25. The molecule has 0 unspecified atom stereocenters. The molecule has 10 aromatic rings. The summed E-state index contributed by atoms with van der Waals surface area (Å²) in [6.45, 7) is 0. The van der Waals surface area contributed by atoms with Gasteiger partial charge in [0.05, 0.1) is 33.6 Å². The molecule has 0 bridgehead atoms. The Kier molecular flexibility index (Phi) is 7.69. The average molecular weight is 691 g/mol. The van der Waals surface area contributed by atoms with Crippen LogP contribution in [-0.4, -0.2) is 29.9 Å². The summed E-state index contributed by atoms with van der Waals surface area (Å²) >= 11 is 0. The van der Waals surface area contributed by atoms with Crippen molar-refractivity contribution in [3.63, 3.8) is 0 Å². The molecule has 0 aliphatic heterocycles. The fourth-order valence-corrected chi connectivity index (χ4v) is 7.17. The van der Waals surface area contributed by atoms with Gasteiger partial charge < -0.3 is 0 Å². The lowest BCUT2D eigenvalue weighted by Crippen LogP contribution is -2.02. The van der Waals surface area contributed by atoms with Gasteiger partial charge in [-0.05, 0) is 18.2 Å². The highest BCUT2D eigenvalue weighted by Gasteiger charge is 2.21. The normalized spacial score (nSPS) is 11.3. The van der Waals surface area contributed by atoms with E-state index in [2.05, 4.69) is 66.7 Å². The average Bonchev–Trinajstić information content (AvgIpc) is 3.26. The number of para-hydroxylation sites is 1. The second-order valence-electron chi connectivity index (χ2n) is 13.1. The first-order chi connectivity index (χ1) is 26.8. The fourth-order valence-electron chi connectivity index (χ4n) is 7.17. The van der Waals surface area contributed by atoms with Crippen molar-refractivity contribution < 1.29 is 0 Å². The molecule has 0 saturated carbocycles. The number of hydrogen-bond donors (Lipinski definition) is 0. The van der Waals surface area contributed by atoms with Crippen molar-refractivity contribution in [2.24, 2.45) is 0 Å². The minimum atomic E-state index is 0.570. The van der Waals surface area contributed by atoms with Gasteiger partial charge in [-0.1, -0.05) is 164 Å². The summed E-state index contributed by atoms with van der Waals surface area (Å²) in [7, 11) is 0. The molecule has 0 amide bonds. The highest BCUT2D eigenvalue weighted by atomic mass is 15.0. The van der Waals surface area contributed by atoms with Gasteiger partial charge in [-0.3, -0.25) is 0 Å². The molecule has 6 heteroatoms. The van der Waals surface area contributed by atoms with E-state index in [1.165, 1.54) is 0 Å². The lowest BCUT2D eigenvalue weighted by Gasteiger charge is -2.16. The van der Waals surface area contributed by atoms with Crippen LogP contribution in [0.25, 0.3) is 101 Å². The maximum atomic E-state index is 5.48. The molecule has 0 aliphatic carbocycles. The number of aromatic nitrogens is 6. The van der Waals surface area contributed by atoms with Crippen LogP contribution >= 0.6 is 0 Å². The van der Waals surface area contributed by atoms with Gasteiger partial charge in [0, 0.05) is 49.5 Å². The highest BCUT2D eigenvalue weighted by Crippen LogP contribution is 2.41. The van der Waals surface area contributed by atoms with Crippen LogP contribution in [0, 0.1) is 0 Å². The minimum absolute atomic E-state index is 0.570. The number of benzene rings is 7. The van der Waals surface area contributed by atoms with Crippen LogP contribution in [0.5, 0.6) is 0 Å². The molecule has 0 N–H and O–H groups in total. The summed E-state index contributed by atoms with van der Waals surface area (Å²) in [5.41, 5.74) is 10.6. The van der Waals surface area contributed by atoms with E-state index < -0.39 is 0 Å². The molecular weight excluding hydrogens is 661 g/mol. The summed E-state index contributed by atoms with van der Waals surface area (Å²) in [5, 5.41) is 2.98. The topological polar surface area (TPSA) is 77.3 Å². The van der Waals surface area contributed by atoms with E-state index in [0.717, 1.165) is 83.2 Å². The van der Waals surface area contributed by atoms with Crippen LogP contribution in [0.4, 0.5) is 0 Å². The Hall–Kier alpha value is -7.44. The molecule has 252 valence electrons. The number of nitrogens with zero attached hydrogens (tertiary/aromatic N) is 6. The van der Waals surface area contributed by atoms with Gasteiger partial charge in [0.25, 0.3) is 0 Å². The molecule has 0 radical (unpaired) electrons. The predicted molar refractivity (Wildman–Crippen MR) is 218 cm³/mol. The molecule has 6 nitrogen and oxygen atoms in total. The Labute approximate surface area is 311 Å². The summed E-state index contributed by atoms with van der Waals surface area (Å²) in [6.07, 6.45) is 0. The maximum Gasteiger partial charge on any atom is 0.164 e. The number of fused-ring (bicyclic) bond motifs is 5. The second-order valence-corrected chi connectivity index (χ2v) is 13.1. The second kappa shape index (κ2) is 13.3. The summed E-state index contributed by atoms with van der Waals surface area (Å²) in [6, 6.07) is 61.4. The van der Waals surface area contributed by atoms with Crippen LogP contribution in [0.1, 0.15) is 0 Å². The third-order valence-electron chi connectivity index (χ3n) is 9.71. The largest absolute Gasteiger partial charge is 0.247 e. The van der Waals surface area contributed by atoms with Gasteiger partial charge in [0.1, 0.15) is 0 Å². The molecule has 0 spiro atoms. The summed E-state index contributed by atoms with van der Waals surface area (Å²) in [4.78, 5) is 31.3. The molecule has 10 rings (SSSR count). The zero-order valence-corrected chi connectivity index (χ0v) is 29.0. The van der Waals surface area contributed by atoms with Crippen molar-refractivity contribution in [2.45, 2.75) is 0 Å². The molecule has 3 heterocycles. The Morgan fingerprint density at radius 1 is 0.259 bits per heavy atom. The highest BCUT2D eigenvalue weighted by molar-refractivity contribution is 6.21. The van der Waals surface area contributed by atoms with Crippen LogP contribution in [0.3, 0.4) is 0 Å². The standard InChI is InChI=1S/C48H30N6/c1-5-17-31(18-6-1)42-43(32-19-7-2-8-20-32)51-45-40(50-42)30-29-38-41(45)37-27-15-16-28-39(37)49-44(38)35-25-13-14-26-36(35)48-53-46(33-21-9-3-10-22-33)52-47(54-48)34-23-11-4-12-24-34/h1-30H. The molecule has 0 aliphatic rings. The first-order valence-corrected chi connectivity index (χ1v) is 17.9. The van der Waals surface area contributed by atoms with Crippen molar-refractivity contribution in [1.82, 2.24) is 29.9 Å². The Morgan fingerprint density at radius 2 is 0.722 bits per heavy atom. The predicted octanol–water partition coefficient (Wildman–Crippen LogP) is 11.5. The van der Waals surface area contributed by atoms with E-state index in [9.17, 15) is 0 Å². The van der Waals surface area contributed by atoms with Crippen LogP contribution < -0.4 is 0 Å². The van der Waals surface area contributed by atoms with Crippen molar-refractivity contribution in [1.29, 1.82) is 0 Å². The van der Waals surface area contributed by atoms with Gasteiger partial charge in [-0.15, -0.1) is 0 Å². The quantitative estimate of drug-likeness (QED) is 0.162. The number of hydrogen-bond acceptors (Lipinski definition) is 6. The summed E-state index contributed by atoms with van der Waals surface area (Å²) in [5.74, 6) is 1.78.